The third-order valence-electron chi connectivity index (χ3n) is 3.50. The Morgan fingerprint density at radius 3 is 1.57 bits per heavy atom. The first kappa shape index (κ1) is 13.5. The summed E-state index contributed by atoms with van der Waals surface area (Å²) in [6, 6.07) is 19.9. The Balaban J connectivity index is 1.88. The lowest BCUT2D eigenvalue weighted by Crippen LogP contribution is -2.32. The number of ketones is 1. The zero-order valence-corrected chi connectivity index (χ0v) is 11.8. The van der Waals surface area contributed by atoms with Gasteiger partial charge in [0.15, 0.2) is 5.78 Å². The molecule has 2 nitrogen and oxygen atoms in total. The zero-order chi connectivity index (χ0) is 14.5. The number of carbonyl (C=O) groups is 1. The molecule has 1 fully saturated rings. The van der Waals surface area contributed by atoms with E-state index in [2.05, 4.69) is 5.32 Å². The molecule has 3 rings (SSSR count). The molecule has 1 aliphatic heterocycles. The summed E-state index contributed by atoms with van der Waals surface area (Å²) in [7, 11) is 0. The van der Waals surface area contributed by atoms with E-state index < -0.39 is 0 Å². The molecule has 0 aromatic heterocycles. The van der Waals surface area contributed by atoms with Gasteiger partial charge in [0, 0.05) is 24.2 Å². The molecule has 2 heteroatoms. The predicted molar refractivity (Wildman–Crippen MR) is 86.7 cm³/mol. The van der Waals surface area contributed by atoms with Crippen LogP contribution in [-0.4, -0.2) is 18.9 Å². The summed E-state index contributed by atoms with van der Waals surface area (Å²) in [5.74, 6) is 0.140. The Hall–Kier alpha value is -2.45. The van der Waals surface area contributed by atoms with Crippen LogP contribution in [0.1, 0.15) is 11.1 Å². The molecule has 2 aromatic rings. The van der Waals surface area contributed by atoms with Gasteiger partial charge in [0.25, 0.3) is 0 Å². The second-order valence-electron chi connectivity index (χ2n) is 5.09. The molecule has 0 saturated carbocycles. The van der Waals surface area contributed by atoms with E-state index in [1.165, 1.54) is 0 Å². The van der Waals surface area contributed by atoms with Gasteiger partial charge >= 0.3 is 0 Å². The molecule has 0 atom stereocenters. The lowest BCUT2D eigenvalue weighted by atomic mass is 9.96. The average Bonchev–Trinajstić information content (AvgIpc) is 2.53. The predicted octanol–water partition coefficient (Wildman–Crippen LogP) is 3.33. The quantitative estimate of drug-likeness (QED) is 0.852. The minimum absolute atomic E-state index is 0.140. The molecular weight excluding hydrogens is 258 g/mol. The fraction of sp³-hybridized carbons (Fsp3) is 0.105. The normalized spacial score (nSPS) is 19.1. The summed E-state index contributed by atoms with van der Waals surface area (Å²) in [5.41, 5.74) is 3.75. The Labute approximate surface area is 124 Å². The van der Waals surface area contributed by atoms with Crippen molar-refractivity contribution in [3.63, 3.8) is 0 Å². The summed E-state index contributed by atoms with van der Waals surface area (Å²) in [4.78, 5) is 12.6. The van der Waals surface area contributed by atoms with E-state index in [0.717, 1.165) is 22.3 Å². The van der Waals surface area contributed by atoms with Crippen LogP contribution >= 0.6 is 0 Å². The number of Topliss-reactive ketones (excluding diaryl/α,β-unsaturated/α-hetero) is 1. The topological polar surface area (TPSA) is 29.1 Å². The molecule has 1 saturated heterocycles. The van der Waals surface area contributed by atoms with E-state index >= 15 is 0 Å². The molecule has 1 heterocycles. The van der Waals surface area contributed by atoms with E-state index in [1.54, 1.807) is 0 Å². The molecule has 0 bridgehead atoms. The van der Waals surface area contributed by atoms with Gasteiger partial charge in [-0.25, -0.2) is 0 Å². The first-order valence-corrected chi connectivity index (χ1v) is 7.09. The van der Waals surface area contributed by atoms with Crippen LogP contribution in [-0.2, 0) is 4.79 Å². The van der Waals surface area contributed by atoms with Crippen molar-refractivity contribution in [1.29, 1.82) is 0 Å². The summed E-state index contributed by atoms with van der Waals surface area (Å²) >= 11 is 0. The van der Waals surface area contributed by atoms with Crippen molar-refractivity contribution in [2.45, 2.75) is 0 Å². The van der Waals surface area contributed by atoms with Gasteiger partial charge in [-0.15, -0.1) is 0 Å². The highest BCUT2D eigenvalue weighted by Gasteiger charge is 2.19. The number of piperidine rings is 1. The van der Waals surface area contributed by atoms with E-state index in [9.17, 15) is 4.79 Å². The Morgan fingerprint density at radius 2 is 1.14 bits per heavy atom. The SMILES string of the molecule is O=C1C(=Cc2ccccc2)CNC/C1=C\c1ccccc1. The van der Waals surface area contributed by atoms with Crippen molar-refractivity contribution in [3.05, 3.63) is 82.9 Å². The lowest BCUT2D eigenvalue weighted by molar-refractivity contribution is -0.112. The molecule has 0 aliphatic carbocycles. The Kier molecular flexibility index (Phi) is 4.08. The molecule has 2 aromatic carbocycles. The number of hydrogen-bond acceptors (Lipinski definition) is 2. The van der Waals surface area contributed by atoms with Crippen molar-refractivity contribution in [1.82, 2.24) is 5.32 Å². The number of hydrogen-bond donors (Lipinski definition) is 1. The van der Waals surface area contributed by atoms with Gasteiger partial charge in [-0.1, -0.05) is 60.7 Å². The first-order chi connectivity index (χ1) is 10.3. The van der Waals surface area contributed by atoms with Gasteiger partial charge in [-0.05, 0) is 23.3 Å². The molecule has 0 radical (unpaired) electrons. The highest BCUT2D eigenvalue weighted by molar-refractivity contribution is 6.14. The molecule has 1 N–H and O–H groups in total. The molecule has 104 valence electrons. The highest BCUT2D eigenvalue weighted by Crippen LogP contribution is 2.17. The monoisotopic (exact) mass is 275 g/mol. The van der Waals surface area contributed by atoms with E-state index in [1.807, 2.05) is 72.8 Å². The van der Waals surface area contributed by atoms with Crippen molar-refractivity contribution in [2.24, 2.45) is 0 Å². The zero-order valence-electron chi connectivity index (χ0n) is 11.8. The third-order valence-corrected chi connectivity index (χ3v) is 3.50. The first-order valence-electron chi connectivity index (χ1n) is 7.09. The number of benzene rings is 2. The van der Waals surface area contributed by atoms with Crippen LogP contribution in [0.5, 0.6) is 0 Å². The Morgan fingerprint density at radius 1 is 0.714 bits per heavy atom. The van der Waals surface area contributed by atoms with Gasteiger partial charge in [-0.3, -0.25) is 4.79 Å². The van der Waals surface area contributed by atoms with Crippen LogP contribution in [0.25, 0.3) is 12.2 Å². The molecule has 0 spiro atoms. The molecule has 0 amide bonds. The van der Waals surface area contributed by atoms with Crippen molar-refractivity contribution < 1.29 is 4.79 Å². The molecule has 1 aliphatic rings. The van der Waals surface area contributed by atoms with Gasteiger partial charge in [-0.2, -0.15) is 0 Å². The van der Waals surface area contributed by atoms with E-state index in [0.29, 0.717) is 13.1 Å². The van der Waals surface area contributed by atoms with E-state index in [4.69, 9.17) is 0 Å². The summed E-state index contributed by atoms with van der Waals surface area (Å²) in [6.07, 6.45) is 3.93. The summed E-state index contributed by atoms with van der Waals surface area (Å²) in [5, 5.41) is 3.30. The Bertz CT molecular complexity index is 625. The molecular formula is C19H17NO. The van der Waals surface area contributed by atoms with Gasteiger partial charge in [0.05, 0.1) is 0 Å². The summed E-state index contributed by atoms with van der Waals surface area (Å²) in [6.45, 7) is 1.25. The molecule has 21 heavy (non-hydrogen) atoms. The lowest BCUT2D eigenvalue weighted by Gasteiger charge is -2.18. The maximum atomic E-state index is 12.6. The van der Waals surface area contributed by atoms with Crippen LogP contribution in [0, 0.1) is 0 Å². The van der Waals surface area contributed by atoms with Crippen LogP contribution < -0.4 is 5.32 Å². The van der Waals surface area contributed by atoms with Crippen LogP contribution in [0.3, 0.4) is 0 Å². The van der Waals surface area contributed by atoms with E-state index in [-0.39, 0.29) is 5.78 Å². The maximum Gasteiger partial charge on any atom is 0.187 e. The smallest absolute Gasteiger partial charge is 0.187 e. The van der Waals surface area contributed by atoms with Gasteiger partial charge in [0.1, 0.15) is 0 Å². The third kappa shape index (κ3) is 3.36. The minimum Gasteiger partial charge on any atom is -0.308 e. The number of rotatable bonds is 2. The van der Waals surface area contributed by atoms with Gasteiger partial charge < -0.3 is 5.32 Å². The standard InChI is InChI=1S/C19H17NO/c21-19-17(11-15-7-3-1-4-8-15)13-20-14-18(19)12-16-9-5-2-6-10-16/h1-12,20H,13-14H2/b17-11+,18-12?. The van der Waals surface area contributed by atoms with Crippen molar-refractivity contribution >= 4 is 17.9 Å². The fourth-order valence-electron chi connectivity index (χ4n) is 2.43. The molecule has 0 unspecified atom stereocenters. The second kappa shape index (κ2) is 6.33. The van der Waals surface area contributed by atoms with Crippen molar-refractivity contribution in [2.75, 3.05) is 13.1 Å². The number of nitrogens with one attached hydrogen (secondary N) is 1. The summed E-state index contributed by atoms with van der Waals surface area (Å²) < 4.78 is 0. The van der Waals surface area contributed by atoms with Crippen LogP contribution in [0.4, 0.5) is 0 Å². The number of carbonyl (C=O) groups excluding carboxylic acids is 1. The fourth-order valence-corrected chi connectivity index (χ4v) is 2.43. The average molecular weight is 275 g/mol. The minimum atomic E-state index is 0.140. The van der Waals surface area contributed by atoms with Crippen LogP contribution in [0.15, 0.2) is 71.8 Å². The van der Waals surface area contributed by atoms with Crippen LogP contribution in [0.2, 0.25) is 0 Å². The maximum absolute atomic E-state index is 12.6. The highest BCUT2D eigenvalue weighted by atomic mass is 16.1. The van der Waals surface area contributed by atoms with Gasteiger partial charge in [0.2, 0.25) is 0 Å². The largest absolute Gasteiger partial charge is 0.308 e. The van der Waals surface area contributed by atoms with Crippen molar-refractivity contribution in [3.8, 4) is 0 Å². The second-order valence-corrected chi connectivity index (χ2v) is 5.09.